The Kier molecular flexibility index (Phi) is 10.4. The second kappa shape index (κ2) is 10.8. The van der Waals surface area contributed by atoms with Crippen LogP contribution in [0, 0.1) is 18.4 Å². The van der Waals surface area contributed by atoms with Crippen LogP contribution in [-0.4, -0.2) is 0 Å². The Morgan fingerprint density at radius 1 is 0.913 bits per heavy atom. The van der Waals surface area contributed by atoms with E-state index in [0.29, 0.717) is 5.41 Å². The first kappa shape index (κ1) is 22.1. The van der Waals surface area contributed by atoms with E-state index in [2.05, 4.69) is 53.0 Å². The normalized spacial score (nSPS) is 14.8. The Labute approximate surface area is 155 Å². The van der Waals surface area contributed by atoms with Gasteiger partial charge in [0.15, 0.2) is 0 Å². The highest BCUT2D eigenvalue weighted by molar-refractivity contribution is 8.05. The molecule has 0 nitrogen and oxygen atoms in total. The van der Waals surface area contributed by atoms with E-state index in [4.69, 9.17) is 0 Å². The van der Waals surface area contributed by atoms with Crippen molar-refractivity contribution in [3.8, 4) is 0 Å². The number of hydrogen-bond donors (Lipinski definition) is 0. The van der Waals surface area contributed by atoms with E-state index >= 15 is 0 Å². The summed E-state index contributed by atoms with van der Waals surface area (Å²) >= 11 is 5.23. The van der Waals surface area contributed by atoms with Crippen LogP contribution in [0.5, 0.6) is 0 Å². The Balaban J connectivity index is 0.000000325. The minimum Gasteiger partial charge on any atom is -0.220 e. The Morgan fingerprint density at radius 2 is 1.39 bits per heavy atom. The first-order valence-electron chi connectivity index (χ1n) is 7.07. The van der Waals surface area contributed by atoms with Gasteiger partial charge in [-0.2, -0.15) is 23.7 Å². The standard InChI is InChI=1S/C9H14S.2C5H5S.CH4/c1-7-5-6-8(10-7)9(2,3)4;2*1-5-3-2-4-6-5;/h5-6H,1-4H3;2*2-4H,1H2;1H4/q;2*-1;. The molecule has 0 radical (unpaired) electrons. The molecule has 0 saturated heterocycles. The van der Waals surface area contributed by atoms with Crippen molar-refractivity contribution >= 4 is 34.9 Å². The summed E-state index contributed by atoms with van der Waals surface area (Å²) in [4.78, 5) is 5.15. The molecule has 0 unspecified atom stereocenters. The fourth-order valence-electron chi connectivity index (χ4n) is 1.46. The smallest absolute Gasteiger partial charge is 0.0102 e. The van der Waals surface area contributed by atoms with E-state index in [1.165, 1.54) is 9.75 Å². The molecule has 1 aromatic rings. The number of allylic oxidation sites excluding steroid dienone is 2. The molecular weight excluding hydrogens is 336 g/mol. The maximum absolute atomic E-state index is 3.70. The summed E-state index contributed by atoms with van der Waals surface area (Å²) in [7, 11) is 0. The van der Waals surface area contributed by atoms with E-state index in [9.17, 15) is 0 Å². The third-order valence-electron chi connectivity index (χ3n) is 2.64. The second-order valence-corrected chi connectivity index (χ2v) is 9.17. The average Bonchev–Trinajstić information content (AvgIpc) is 3.14. The van der Waals surface area contributed by atoms with Crippen molar-refractivity contribution < 1.29 is 0 Å². The Bertz CT molecular complexity index is 528. The third-order valence-corrected chi connectivity index (χ3v) is 5.53. The van der Waals surface area contributed by atoms with Crippen molar-refractivity contribution in [1.82, 2.24) is 0 Å². The lowest BCUT2D eigenvalue weighted by molar-refractivity contribution is 0.604. The van der Waals surface area contributed by atoms with Gasteiger partial charge in [0.1, 0.15) is 0 Å². The van der Waals surface area contributed by atoms with Crippen LogP contribution in [0.2, 0.25) is 0 Å². The predicted octanol–water partition coefficient (Wildman–Crippen LogP) is 7.92. The van der Waals surface area contributed by atoms with Crippen LogP contribution >= 0.6 is 34.9 Å². The number of thioether (sulfide) groups is 2. The van der Waals surface area contributed by atoms with Gasteiger partial charge < -0.3 is 0 Å². The SMILES string of the molecule is C.C=C1C=C[CH-]S1.C=C1C=C[CH-]S1.Cc1ccc(C(C)(C)C)s1. The average molecular weight is 365 g/mol. The molecule has 3 heterocycles. The topological polar surface area (TPSA) is 0 Å². The van der Waals surface area contributed by atoms with E-state index in [1.807, 2.05) is 47.1 Å². The van der Waals surface area contributed by atoms with Gasteiger partial charge in [-0.05, 0) is 24.5 Å². The van der Waals surface area contributed by atoms with Gasteiger partial charge in [-0.1, -0.05) is 38.0 Å². The van der Waals surface area contributed by atoms with Gasteiger partial charge in [-0.3, -0.25) is 0 Å². The summed E-state index contributed by atoms with van der Waals surface area (Å²) in [5.41, 5.74) is 0.332. The molecule has 23 heavy (non-hydrogen) atoms. The van der Waals surface area contributed by atoms with Crippen molar-refractivity contribution in [1.29, 1.82) is 0 Å². The van der Waals surface area contributed by atoms with Gasteiger partial charge in [-0.25, -0.2) is 35.7 Å². The maximum Gasteiger partial charge on any atom is 0.0102 e. The molecule has 0 spiro atoms. The molecule has 128 valence electrons. The molecule has 3 heteroatoms. The minimum absolute atomic E-state index is 0. The van der Waals surface area contributed by atoms with Crippen LogP contribution in [0.4, 0.5) is 0 Å². The number of rotatable bonds is 0. The van der Waals surface area contributed by atoms with Gasteiger partial charge in [-0.15, -0.1) is 24.5 Å². The highest BCUT2D eigenvalue weighted by Gasteiger charge is 2.14. The third kappa shape index (κ3) is 9.75. The zero-order valence-electron chi connectivity index (χ0n) is 13.8. The maximum atomic E-state index is 3.70. The Hall–Kier alpha value is -0.900. The lowest BCUT2D eigenvalue weighted by Crippen LogP contribution is -2.07. The second-order valence-electron chi connectivity index (χ2n) is 5.82. The molecular formula is C20H28S3-2. The van der Waals surface area contributed by atoms with E-state index in [0.717, 1.165) is 9.81 Å². The lowest BCUT2D eigenvalue weighted by Gasteiger charge is -2.14. The molecule has 0 N–H and O–H groups in total. The van der Waals surface area contributed by atoms with E-state index in [-0.39, 0.29) is 7.43 Å². The van der Waals surface area contributed by atoms with E-state index < -0.39 is 0 Å². The zero-order chi connectivity index (χ0) is 16.6. The first-order chi connectivity index (χ1) is 10.3. The molecule has 0 amide bonds. The van der Waals surface area contributed by atoms with E-state index in [1.54, 1.807) is 23.5 Å². The van der Waals surface area contributed by atoms with Crippen molar-refractivity contribution in [3.63, 3.8) is 0 Å². The highest BCUT2D eigenvalue weighted by Crippen LogP contribution is 2.28. The Morgan fingerprint density at radius 3 is 1.52 bits per heavy atom. The summed E-state index contributed by atoms with van der Waals surface area (Å²) in [6.07, 6.45) is 7.97. The van der Waals surface area contributed by atoms with Crippen LogP contribution in [0.15, 0.2) is 59.4 Å². The molecule has 2 aliphatic heterocycles. The summed E-state index contributed by atoms with van der Waals surface area (Å²) < 4.78 is 0. The monoisotopic (exact) mass is 364 g/mol. The van der Waals surface area contributed by atoms with Crippen LogP contribution in [-0.2, 0) is 5.41 Å². The summed E-state index contributed by atoms with van der Waals surface area (Å²) in [6.45, 7) is 16.3. The first-order valence-corrected chi connectivity index (χ1v) is 9.64. The zero-order valence-corrected chi connectivity index (χ0v) is 16.2. The van der Waals surface area contributed by atoms with Crippen LogP contribution in [0.3, 0.4) is 0 Å². The molecule has 0 aromatic carbocycles. The van der Waals surface area contributed by atoms with Crippen molar-refractivity contribution in [3.05, 3.63) is 80.7 Å². The molecule has 3 rings (SSSR count). The molecule has 0 atom stereocenters. The van der Waals surface area contributed by atoms with Crippen molar-refractivity contribution in [2.45, 2.75) is 40.5 Å². The van der Waals surface area contributed by atoms with Gasteiger partial charge in [0.2, 0.25) is 0 Å². The largest absolute Gasteiger partial charge is 0.220 e. The van der Waals surface area contributed by atoms with Gasteiger partial charge in [0.25, 0.3) is 0 Å². The summed E-state index contributed by atoms with van der Waals surface area (Å²) in [5.74, 6) is 4.03. The molecule has 0 fully saturated rings. The number of hydrogen-bond acceptors (Lipinski definition) is 3. The number of thiophene rings is 1. The quantitative estimate of drug-likeness (QED) is 0.429. The van der Waals surface area contributed by atoms with Crippen LogP contribution in [0.1, 0.15) is 38.0 Å². The number of aryl methyl sites for hydroxylation is 1. The lowest BCUT2D eigenvalue weighted by atomic mass is 9.95. The van der Waals surface area contributed by atoms with Crippen LogP contribution < -0.4 is 0 Å². The highest BCUT2D eigenvalue weighted by atomic mass is 32.2. The van der Waals surface area contributed by atoms with Crippen LogP contribution in [0.25, 0.3) is 0 Å². The minimum atomic E-state index is 0. The van der Waals surface area contributed by atoms with Gasteiger partial charge in [0, 0.05) is 9.75 Å². The van der Waals surface area contributed by atoms with Gasteiger partial charge >= 0.3 is 0 Å². The summed E-state index contributed by atoms with van der Waals surface area (Å²) in [5, 5.41) is 0. The molecule has 0 aliphatic carbocycles. The molecule has 1 aromatic heterocycles. The molecule has 2 aliphatic rings. The molecule has 0 saturated carbocycles. The van der Waals surface area contributed by atoms with Gasteiger partial charge in [0.05, 0.1) is 0 Å². The fraction of sp³-hybridized carbons (Fsp3) is 0.300. The predicted molar refractivity (Wildman–Crippen MR) is 115 cm³/mol. The van der Waals surface area contributed by atoms with Crippen molar-refractivity contribution in [2.75, 3.05) is 0 Å². The fourth-order valence-corrected chi connectivity index (χ4v) is 3.37. The summed E-state index contributed by atoms with van der Waals surface area (Å²) in [6, 6.07) is 4.41. The van der Waals surface area contributed by atoms with Crippen molar-refractivity contribution in [2.24, 2.45) is 0 Å². The molecule has 0 bridgehead atoms.